The molecule has 1 aliphatic carbocycles. The Hall–Kier alpha value is -2.77. The van der Waals surface area contributed by atoms with Gasteiger partial charge >= 0.3 is 13.5 Å². The highest BCUT2D eigenvalue weighted by molar-refractivity contribution is 8.44. The lowest BCUT2D eigenvalue weighted by Crippen LogP contribution is -2.42. The summed E-state index contributed by atoms with van der Waals surface area (Å²) < 4.78 is 45.4. The number of thiol groups is 1. The average molecular weight is 686 g/mol. The van der Waals surface area contributed by atoms with Gasteiger partial charge in [0, 0.05) is 23.8 Å². The second-order valence-electron chi connectivity index (χ2n) is 10.4. The largest absolute Gasteiger partial charge is 0.429 e. The highest BCUT2D eigenvalue weighted by Crippen LogP contribution is 2.60. The monoisotopic (exact) mass is 685 g/mol. The van der Waals surface area contributed by atoms with Crippen molar-refractivity contribution in [3.8, 4) is 0 Å². The molecule has 234 valence electrons. The molecular formula is C22H25N9O9P2S2. The maximum absolute atomic E-state index is 13.5. The molecule has 2 saturated heterocycles. The van der Waals surface area contributed by atoms with E-state index in [1.54, 1.807) is 10.9 Å². The standard InChI is InChI=1S/C22H25N9O9P2S2/c1-9-13-10(2-11(13)30-7-28-14-18(23)24-5-25-19(14)30)3-36-42(35,44)40-17-12(4-37-41(34,43)39-9)38-22(16(17)32)31-8-29-15-20(31)26-6-27-21(15)33/h5-8,10-13,16-17,22,32H,1-4H2,(H,34,43)(H,35,44)(H2,23,24,25)(H,26,27,33)/t10-,11-,12-,13-,16-,17-,22-,41?,42?/m1/s1. The van der Waals surface area contributed by atoms with E-state index < -0.39 is 56.1 Å². The van der Waals surface area contributed by atoms with Gasteiger partial charge < -0.3 is 39.1 Å². The Morgan fingerprint density at radius 1 is 1.11 bits per heavy atom. The van der Waals surface area contributed by atoms with Crippen LogP contribution in [-0.2, 0) is 39.2 Å². The van der Waals surface area contributed by atoms with Crippen molar-refractivity contribution in [2.24, 2.45) is 11.8 Å². The van der Waals surface area contributed by atoms with Gasteiger partial charge in [0.05, 0.1) is 32.2 Å². The Labute approximate surface area is 257 Å². The Morgan fingerprint density at radius 2 is 1.86 bits per heavy atom. The minimum absolute atomic E-state index is 0.0107. The number of anilines is 1. The SMILES string of the molecule is C=C1OP(O)(=S)OC[C@H]2O[C@@H](n3cnc4c(=O)[nH]cnc43)[C@H](O)[C@@H]2OP(=O)(S)OC[C@H]2C[C@@H](n3cnc4c(N)ncnc43)[C@H]12. The summed E-state index contributed by atoms with van der Waals surface area (Å²) in [4.78, 5) is 46.3. The maximum atomic E-state index is 13.5. The van der Waals surface area contributed by atoms with Gasteiger partial charge in [-0.1, -0.05) is 18.8 Å². The molecule has 3 fully saturated rings. The van der Waals surface area contributed by atoms with Crippen molar-refractivity contribution in [3.63, 3.8) is 0 Å². The molecule has 1 saturated carbocycles. The van der Waals surface area contributed by atoms with E-state index in [4.69, 9.17) is 40.4 Å². The lowest BCUT2D eigenvalue weighted by Gasteiger charge is -2.45. The van der Waals surface area contributed by atoms with Gasteiger partial charge in [-0.3, -0.25) is 18.4 Å². The average Bonchev–Trinajstić information content (AvgIpc) is 3.64. The zero-order chi connectivity index (χ0) is 31.0. The number of nitrogens with zero attached hydrogens (tertiary/aromatic N) is 7. The van der Waals surface area contributed by atoms with E-state index in [0.717, 1.165) is 0 Å². The molecule has 3 aliphatic rings. The van der Waals surface area contributed by atoms with Crippen molar-refractivity contribution in [2.45, 2.75) is 37.0 Å². The topological polar surface area (TPSA) is 237 Å². The van der Waals surface area contributed by atoms with Crippen molar-refractivity contribution < 1.29 is 37.4 Å². The predicted molar refractivity (Wildman–Crippen MR) is 159 cm³/mol. The molecule has 18 nitrogen and oxygen atoms in total. The Kier molecular flexibility index (Phi) is 7.44. The Morgan fingerprint density at radius 3 is 2.68 bits per heavy atom. The minimum atomic E-state index is -4.13. The quantitative estimate of drug-likeness (QED) is 0.147. The number of nitrogens with one attached hydrogen (secondary N) is 1. The third-order valence-electron chi connectivity index (χ3n) is 7.87. The fraction of sp³-hybridized carbons (Fsp3) is 0.455. The number of allylic oxidation sites excluding steroid dienone is 1. The van der Waals surface area contributed by atoms with Gasteiger partial charge in [0.2, 0.25) is 0 Å². The van der Waals surface area contributed by atoms with Crippen LogP contribution in [0.5, 0.6) is 0 Å². The van der Waals surface area contributed by atoms with Gasteiger partial charge in [-0.25, -0.2) is 29.5 Å². The number of aromatic nitrogens is 8. The van der Waals surface area contributed by atoms with Crippen molar-refractivity contribution in [2.75, 3.05) is 18.9 Å². The molecular weight excluding hydrogens is 660 g/mol. The van der Waals surface area contributed by atoms with Crippen LogP contribution in [-0.4, -0.2) is 80.6 Å². The van der Waals surface area contributed by atoms with E-state index in [0.29, 0.717) is 17.6 Å². The first kappa shape index (κ1) is 29.9. The first-order chi connectivity index (χ1) is 20.9. The second-order valence-corrected chi connectivity index (χ2v) is 16.1. The minimum Gasteiger partial charge on any atom is -0.429 e. The normalized spacial score (nSPS) is 36.4. The number of aromatic amines is 1. The highest BCUT2D eigenvalue weighted by atomic mass is 32.7. The second kappa shape index (κ2) is 10.9. The van der Waals surface area contributed by atoms with E-state index >= 15 is 0 Å². The van der Waals surface area contributed by atoms with Gasteiger partial charge in [-0.2, -0.15) is 0 Å². The number of hydrogen-bond acceptors (Lipinski definition) is 15. The number of aliphatic hydroxyl groups is 1. The van der Waals surface area contributed by atoms with Crippen LogP contribution in [0.1, 0.15) is 18.7 Å². The van der Waals surface area contributed by atoms with Crippen LogP contribution in [0.4, 0.5) is 5.82 Å². The number of aliphatic hydroxyl groups excluding tert-OH is 1. The number of nitrogen functional groups attached to an aromatic ring is 1. The van der Waals surface area contributed by atoms with E-state index in [1.165, 1.54) is 23.5 Å². The third-order valence-corrected chi connectivity index (χ3v) is 11.0. The molecule has 6 heterocycles. The van der Waals surface area contributed by atoms with Crippen LogP contribution >= 0.6 is 25.8 Å². The molecule has 4 aromatic rings. The smallest absolute Gasteiger partial charge is 0.386 e. The summed E-state index contributed by atoms with van der Waals surface area (Å²) in [7, 11) is 0. The number of rotatable bonds is 2. The first-order valence-electron chi connectivity index (χ1n) is 13.1. The molecule has 2 aliphatic heterocycles. The zero-order valence-corrected chi connectivity index (χ0v) is 25.9. The summed E-state index contributed by atoms with van der Waals surface area (Å²) in [5, 5.41) is 11.3. The number of imidazole rings is 2. The van der Waals surface area contributed by atoms with E-state index in [2.05, 4.69) is 48.7 Å². The number of H-pyrrole nitrogens is 1. The van der Waals surface area contributed by atoms with Crippen LogP contribution in [0.15, 0.2) is 42.4 Å². The maximum Gasteiger partial charge on any atom is 0.386 e. The van der Waals surface area contributed by atoms with Crippen LogP contribution in [0.25, 0.3) is 22.3 Å². The van der Waals surface area contributed by atoms with Gasteiger partial charge in [0.25, 0.3) is 5.56 Å². The number of nitrogens with two attached hydrogens (primary N) is 1. The molecule has 0 amide bonds. The third kappa shape index (κ3) is 5.18. The van der Waals surface area contributed by atoms with Crippen molar-refractivity contribution in [1.82, 2.24) is 39.0 Å². The summed E-state index contributed by atoms with van der Waals surface area (Å²) in [5.74, 6) is -0.513. The Bertz CT molecular complexity index is 1940. The van der Waals surface area contributed by atoms with E-state index in [9.17, 15) is 19.4 Å². The summed E-state index contributed by atoms with van der Waals surface area (Å²) in [6, 6.07) is -0.313. The molecule has 0 radical (unpaired) electrons. The fourth-order valence-electron chi connectivity index (χ4n) is 5.81. The molecule has 5 N–H and O–H groups in total. The molecule has 4 aromatic heterocycles. The van der Waals surface area contributed by atoms with E-state index in [-0.39, 0.29) is 41.3 Å². The molecule has 2 unspecified atom stereocenters. The van der Waals surface area contributed by atoms with Gasteiger partial charge in [-0.05, 0) is 12.3 Å². The highest BCUT2D eigenvalue weighted by Gasteiger charge is 2.52. The van der Waals surface area contributed by atoms with Gasteiger partial charge in [0.1, 0.15) is 35.9 Å². The Balaban J connectivity index is 1.17. The summed E-state index contributed by atoms with van der Waals surface area (Å²) in [6.45, 7) is -4.66. The van der Waals surface area contributed by atoms with Crippen LogP contribution in [0, 0.1) is 11.8 Å². The number of fused-ring (bicyclic) bond motifs is 4. The molecule has 44 heavy (non-hydrogen) atoms. The van der Waals surface area contributed by atoms with Crippen LogP contribution < -0.4 is 11.3 Å². The summed E-state index contributed by atoms with van der Waals surface area (Å²) >= 11 is 9.45. The zero-order valence-electron chi connectivity index (χ0n) is 22.4. The number of hydrogen-bond donors (Lipinski definition) is 5. The lowest BCUT2D eigenvalue weighted by molar-refractivity contribution is -0.0485. The summed E-state index contributed by atoms with van der Waals surface area (Å²) in [6.07, 6.45) is 0.610. The fourth-order valence-corrected chi connectivity index (χ4v) is 8.62. The lowest BCUT2D eigenvalue weighted by atomic mass is 9.68. The van der Waals surface area contributed by atoms with E-state index in [1.807, 2.05) is 0 Å². The molecule has 0 bridgehead atoms. The van der Waals surface area contributed by atoms with Gasteiger partial charge in [0.15, 0.2) is 28.9 Å². The van der Waals surface area contributed by atoms with Crippen molar-refractivity contribution in [1.29, 1.82) is 0 Å². The van der Waals surface area contributed by atoms with Crippen molar-refractivity contribution in [3.05, 3.63) is 48.0 Å². The molecule has 9 atom stereocenters. The van der Waals surface area contributed by atoms with Crippen LogP contribution in [0.3, 0.4) is 0 Å². The van der Waals surface area contributed by atoms with Gasteiger partial charge in [-0.15, -0.1) is 0 Å². The predicted octanol–water partition coefficient (Wildman–Crippen LogP) is 1.19. The molecule has 7 rings (SSSR count). The van der Waals surface area contributed by atoms with Crippen molar-refractivity contribution >= 4 is 65.7 Å². The first-order valence-corrected chi connectivity index (χ1v) is 18.4. The molecule has 22 heteroatoms. The summed E-state index contributed by atoms with van der Waals surface area (Å²) in [5.41, 5.74) is 6.49. The van der Waals surface area contributed by atoms with Crippen LogP contribution in [0.2, 0.25) is 0 Å². The molecule has 0 spiro atoms. The number of ether oxygens (including phenoxy) is 1. The molecule has 0 aromatic carbocycles.